The lowest BCUT2D eigenvalue weighted by molar-refractivity contribution is -0.125. The minimum Gasteiger partial charge on any atom is -0.341 e. The summed E-state index contributed by atoms with van der Waals surface area (Å²) < 4.78 is 2.11. The number of amides is 1. The van der Waals surface area contributed by atoms with Crippen LogP contribution in [-0.4, -0.2) is 58.3 Å². The number of benzene rings is 1. The Morgan fingerprint density at radius 1 is 1.12 bits per heavy atom. The van der Waals surface area contributed by atoms with Gasteiger partial charge in [0.05, 0.1) is 21.8 Å². The number of aromatic nitrogens is 2. The van der Waals surface area contributed by atoms with Gasteiger partial charge in [0.25, 0.3) is 5.91 Å². The van der Waals surface area contributed by atoms with Crippen molar-refractivity contribution in [3.8, 4) is 0 Å². The molecule has 0 aliphatic carbocycles. The van der Waals surface area contributed by atoms with Crippen LogP contribution in [0.1, 0.15) is 30.5 Å². The average molecular weight is 447 g/mol. The van der Waals surface area contributed by atoms with E-state index in [1.54, 1.807) is 11.8 Å². The van der Waals surface area contributed by atoms with Gasteiger partial charge in [-0.25, -0.2) is 4.98 Å². The van der Waals surface area contributed by atoms with E-state index in [4.69, 9.17) is 0 Å². The summed E-state index contributed by atoms with van der Waals surface area (Å²) in [6.07, 6.45) is 8.52. The van der Waals surface area contributed by atoms with E-state index in [9.17, 15) is 4.79 Å². The van der Waals surface area contributed by atoms with Gasteiger partial charge in [-0.2, -0.15) is 0 Å². The van der Waals surface area contributed by atoms with Gasteiger partial charge in [-0.05, 0) is 75.0 Å². The number of pyridine rings is 1. The fourth-order valence-corrected chi connectivity index (χ4v) is 5.88. The molecule has 1 saturated heterocycles. The van der Waals surface area contributed by atoms with Gasteiger partial charge in [0.2, 0.25) is 0 Å². The number of thioether (sulfide) groups is 1. The van der Waals surface area contributed by atoms with E-state index in [0.29, 0.717) is 5.92 Å². The third-order valence-electron chi connectivity index (χ3n) is 6.59. The molecule has 1 fully saturated rings. The van der Waals surface area contributed by atoms with E-state index in [1.807, 2.05) is 36.4 Å². The van der Waals surface area contributed by atoms with Crippen molar-refractivity contribution in [3.63, 3.8) is 0 Å². The first-order valence-corrected chi connectivity index (χ1v) is 12.4. The lowest BCUT2D eigenvalue weighted by atomic mass is 9.96. The molecule has 0 atom stereocenters. The van der Waals surface area contributed by atoms with E-state index in [2.05, 4.69) is 50.7 Å². The van der Waals surface area contributed by atoms with Crippen LogP contribution in [0.15, 0.2) is 64.7 Å². The number of piperidine rings is 1. The number of nitrogens with zero attached hydrogens (tertiary/aromatic N) is 4. The summed E-state index contributed by atoms with van der Waals surface area (Å²) in [5, 5.41) is 1.05. The zero-order valence-electron chi connectivity index (χ0n) is 18.6. The fraction of sp³-hybridized carbons (Fsp3) is 0.385. The molecule has 5 nitrogen and oxygen atoms in total. The first-order chi connectivity index (χ1) is 15.7. The van der Waals surface area contributed by atoms with Crippen LogP contribution in [0, 0.1) is 5.92 Å². The first kappa shape index (κ1) is 21.3. The highest BCUT2D eigenvalue weighted by molar-refractivity contribution is 8.04. The summed E-state index contributed by atoms with van der Waals surface area (Å²) in [6.45, 7) is 4.28. The number of aryl methyl sites for hydroxylation is 1. The number of likely N-dealkylation sites (tertiary alicyclic amines) is 1. The summed E-state index contributed by atoms with van der Waals surface area (Å²) in [5.41, 5.74) is 3.34. The highest BCUT2D eigenvalue weighted by atomic mass is 32.2. The average Bonchev–Trinajstić information content (AvgIpc) is 3.25. The molecule has 0 radical (unpaired) electrons. The number of carbonyl (C=O) groups is 1. The van der Waals surface area contributed by atoms with E-state index >= 15 is 0 Å². The molecule has 0 spiro atoms. The number of hydrogen-bond acceptors (Lipinski definition) is 4. The van der Waals surface area contributed by atoms with Gasteiger partial charge in [-0.1, -0.05) is 48.2 Å². The van der Waals surface area contributed by atoms with Gasteiger partial charge in [0.1, 0.15) is 5.65 Å². The SMILES string of the molecule is CN(CC1CCN(CCCc2ccccc2)CC1)C(=O)C1=Cc2cnc3cccc(n23)S1. The number of hydrogen-bond donors (Lipinski definition) is 0. The van der Waals surface area contributed by atoms with Crippen molar-refractivity contribution in [3.05, 3.63) is 70.9 Å². The van der Waals surface area contributed by atoms with Crippen molar-refractivity contribution in [1.29, 1.82) is 0 Å². The third-order valence-corrected chi connectivity index (χ3v) is 7.63. The van der Waals surface area contributed by atoms with E-state index in [-0.39, 0.29) is 5.91 Å². The van der Waals surface area contributed by atoms with Crippen molar-refractivity contribution in [2.75, 3.05) is 33.2 Å². The highest BCUT2D eigenvalue weighted by Gasteiger charge is 2.26. The molecule has 32 heavy (non-hydrogen) atoms. The second-order valence-corrected chi connectivity index (χ2v) is 9.97. The summed E-state index contributed by atoms with van der Waals surface area (Å²) in [4.78, 5) is 22.9. The monoisotopic (exact) mass is 446 g/mol. The molecule has 2 aliphatic heterocycles. The molecule has 166 valence electrons. The van der Waals surface area contributed by atoms with Crippen molar-refractivity contribution < 1.29 is 4.79 Å². The predicted octanol–water partition coefficient (Wildman–Crippen LogP) is 4.58. The molecule has 0 unspecified atom stereocenters. The Morgan fingerprint density at radius 3 is 2.75 bits per heavy atom. The summed E-state index contributed by atoms with van der Waals surface area (Å²) >= 11 is 1.54. The van der Waals surface area contributed by atoms with Gasteiger partial charge < -0.3 is 9.80 Å². The largest absolute Gasteiger partial charge is 0.341 e. The van der Waals surface area contributed by atoms with Gasteiger partial charge in [-0.15, -0.1) is 0 Å². The summed E-state index contributed by atoms with van der Waals surface area (Å²) in [7, 11) is 1.95. The molecular weight excluding hydrogens is 416 g/mol. The van der Waals surface area contributed by atoms with E-state index in [1.165, 1.54) is 31.4 Å². The third kappa shape index (κ3) is 4.62. The Kier molecular flexibility index (Phi) is 6.32. The van der Waals surface area contributed by atoms with Crippen LogP contribution in [0.4, 0.5) is 0 Å². The van der Waals surface area contributed by atoms with Crippen LogP contribution in [-0.2, 0) is 11.2 Å². The maximum absolute atomic E-state index is 13.2. The first-order valence-electron chi connectivity index (χ1n) is 11.5. The van der Waals surface area contributed by atoms with Crippen LogP contribution in [0.2, 0.25) is 0 Å². The quantitative estimate of drug-likeness (QED) is 0.533. The van der Waals surface area contributed by atoms with Crippen LogP contribution in [0.5, 0.6) is 0 Å². The van der Waals surface area contributed by atoms with E-state index in [0.717, 1.165) is 47.3 Å². The molecule has 0 N–H and O–H groups in total. The Balaban J connectivity index is 1.10. The van der Waals surface area contributed by atoms with Crippen LogP contribution >= 0.6 is 11.8 Å². The lowest BCUT2D eigenvalue weighted by Crippen LogP contribution is -2.40. The highest BCUT2D eigenvalue weighted by Crippen LogP contribution is 2.35. The lowest BCUT2D eigenvalue weighted by Gasteiger charge is -2.34. The molecule has 2 aliphatic rings. The van der Waals surface area contributed by atoms with Gasteiger partial charge in [0, 0.05) is 13.6 Å². The maximum Gasteiger partial charge on any atom is 0.260 e. The molecule has 4 heterocycles. The molecule has 5 rings (SSSR count). The predicted molar refractivity (Wildman–Crippen MR) is 131 cm³/mol. The summed E-state index contributed by atoms with van der Waals surface area (Å²) in [6, 6.07) is 16.8. The van der Waals surface area contributed by atoms with Crippen molar-refractivity contribution in [2.45, 2.75) is 30.7 Å². The van der Waals surface area contributed by atoms with Crippen molar-refractivity contribution in [1.82, 2.24) is 19.2 Å². The fourth-order valence-electron chi connectivity index (χ4n) is 4.79. The van der Waals surface area contributed by atoms with E-state index < -0.39 is 0 Å². The smallest absolute Gasteiger partial charge is 0.260 e. The topological polar surface area (TPSA) is 40.8 Å². The number of likely N-dealkylation sites (N-methyl/N-ethyl adjacent to an activating group) is 1. The van der Waals surface area contributed by atoms with Crippen LogP contribution in [0.25, 0.3) is 11.7 Å². The maximum atomic E-state index is 13.2. The Labute approximate surface area is 194 Å². The molecular formula is C26H30N4OS. The second kappa shape index (κ2) is 9.51. The minimum absolute atomic E-state index is 0.116. The van der Waals surface area contributed by atoms with Crippen molar-refractivity contribution >= 4 is 29.4 Å². The molecule has 0 saturated carbocycles. The second-order valence-electron chi connectivity index (χ2n) is 8.91. The van der Waals surface area contributed by atoms with Crippen molar-refractivity contribution in [2.24, 2.45) is 5.92 Å². The van der Waals surface area contributed by atoms with Gasteiger partial charge in [-0.3, -0.25) is 9.20 Å². The normalized spacial score (nSPS) is 16.8. The molecule has 0 bridgehead atoms. The molecule has 3 aromatic rings. The molecule has 2 aromatic heterocycles. The summed E-state index contributed by atoms with van der Waals surface area (Å²) in [5.74, 6) is 0.696. The molecule has 6 heteroatoms. The van der Waals surface area contributed by atoms with Gasteiger partial charge >= 0.3 is 0 Å². The number of carbonyl (C=O) groups excluding carboxylic acids is 1. The molecule has 1 aromatic carbocycles. The number of rotatable bonds is 7. The zero-order chi connectivity index (χ0) is 21.9. The minimum atomic E-state index is 0.116. The Morgan fingerprint density at radius 2 is 1.94 bits per heavy atom. The standard InChI is InChI=1S/C26H30N4OS/c1-28(26(31)23-17-22-18-27-24-10-5-11-25(32-23)30(22)24)19-21-12-15-29(16-13-21)14-6-9-20-7-3-2-4-8-20/h2-5,7-8,10-11,17-18,21H,6,9,12-16,19H2,1H3. The molecule has 1 amide bonds. The Hall–Kier alpha value is -2.57. The zero-order valence-corrected chi connectivity index (χ0v) is 19.4. The Bertz CT molecular complexity index is 1120. The number of imidazole rings is 1. The van der Waals surface area contributed by atoms with Crippen LogP contribution < -0.4 is 0 Å². The van der Waals surface area contributed by atoms with Crippen LogP contribution in [0.3, 0.4) is 0 Å². The van der Waals surface area contributed by atoms with Gasteiger partial charge in [0.15, 0.2) is 0 Å².